The first-order valence-corrected chi connectivity index (χ1v) is 7.98. The van der Waals surface area contributed by atoms with Gasteiger partial charge in [-0.15, -0.1) is 0 Å². The summed E-state index contributed by atoms with van der Waals surface area (Å²) in [6.07, 6.45) is 0. The van der Waals surface area contributed by atoms with Crippen LogP contribution in [0.15, 0.2) is 47.4 Å². The number of anilines is 1. The summed E-state index contributed by atoms with van der Waals surface area (Å²) in [6, 6.07) is 9.08. The Kier molecular flexibility index (Phi) is 4.56. The quantitative estimate of drug-likeness (QED) is 0.879. The van der Waals surface area contributed by atoms with Crippen LogP contribution in [0.25, 0.3) is 0 Å². The van der Waals surface area contributed by atoms with Crippen molar-refractivity contribution >= 4 is 21.4 Å². The summed E-state index contributed by atoms with van der Waals surface area (Å²) in [7, 11) is -4.05. The first kappa shape index (κ1) is 16.1. The van der Waals surface area contributed by atoms with E-state index < -0.39 is 38.0 Å². The first-order valence-electron chi connectivity index (χ1n) is 6.33. The average Bonchev–Trinajstić information content (AvgIpc) is 2.43. The topological polar surface area (TPSA) is 63.2 Å². The van der Waals surface area contributed by atoms with E-state index in [1.807, 2.05) is 0 Å². The molecule has 2 rings (SSSR count). The number of hydrogen-bond acceptors (Lipinski definition) is 3. The molecule has 2 aromatic carbocycles. The summed E-state index contributed by atoms with van der Waals surface area (Å²) < 4.78 is 50.0. The van der Waals surface area contributed by atoms with E-state index in [1.54, 1.807) is 31.2 Å². The number of carbonyl (C=O) groups excluding carboxylic acids is 1. The molecule has 0 aliphatic heterocycles. The average molecular weight is 325 g/mol. The van der Waals surface area contributed by atoms with Crippen molar-refractivity contribution in [2.24, 2.45) is 0 Å². The predicted molar refractivity (Wildman–Crippen MR) is 78.2 cm³/mol. The van der Waals surface area contributed by atoms with Crippen molar-refractivity contribution in [2.45, 2.75) is 11.8 Å². The van der Waals surface area contributed by atoms with Gasteiger partial charge in [0.1, 0.15) is 5.75 Å². The van der Waals surface area contributed by atoms with Crippen molar-refractivity contribution in [2.75, 3.05) is 11.1 Å². The SMILES string of the molecule is Cc1ccccc1NC(=O)CS(=O)(=O)c1ccc(F)c(F)c1. The van der Waals surface area contributed by atoms with Crippen molar-refractivity contribution < 1.29 is 22.0 Å². The summed E-state index contributed by atoms with van der Waals surface area (Å²) >= 11 is 0. The van der Waals surface area contributed by atoms with Crippen molar-refractivity contribution in [3.63, 3.8) is 0 Å². The number of nitrogens with one attached hydrogen (secondary N) is 1. The van der Waals surface area contributed by atoms with Gasteiger partial charge in [-0.3, -0.25) is 4.79 Å². The number of benzene rings is 2. The molecule has 0 bridgehead atoms. The fraction of sp³-hybridized carbons (Fsp3) is 0.133. The zero-order chi connectivity index (χ0) is 16.3. The number of amides is 1. The highest BCUT2D eigenvalue weighted by molar-refractivity contribution is 7.92. The molecule has 0 aromatic heterocycles. The van der Waals surface area contributed by atoms with Gasteiger partial charge in [0.15, 0.2) is 21.5 Å². The molecule has 0 saturated carbocycles. The van der Waals surface area contributed by atoms with Gasteiger partial charge in [-0.1, -0.05) is 18.2 Å². The molecular formula is C15H13F2NO3S. The van der Waals surface area contributed by atoms with E-state index in [9.17, 15) is 22.0 Å². The molecule has 116 valence electrons. The number of carbonyl (C=O) groups is 1. The molecule has 2 aromatic rings. The summed E-state index contributed by atoms with van der Waals surface area (Å²) in [6.45, 7) is 1.76. The van der Waals surface area contributed by atoms with Gasteiger partial charge >= 0.3 is 0 Å². The number of halogens is 2. The summed E-state index contributed by atoms with van der Waals surface area (Å²) in [5, 5.41) is 2.48. The lowest BCUT2D eigenvalue weighted by Gasteiger charge is -2.09. The van der Waals surface area contributed by atoms with E-state index in [0.717, 1.165) is 11.6 Å². The second kappa shape index (κ2) is 6.23. The molecule has 0 aliphatic carbocycles. The van der Waals surface area contributed by atoms with E-state index in [0.29, 0.717) is 17.8 Å². The monoisotopic (exact) mass is 325 g/mol. The number of para-hydroxylation sites is 1. The van der Waals surface area contributed by atoms with Crippen LogP contribution in [-0.4, -0.2) is 20.1 Å². The molecule has 0 spiro atoms. The van der Waals surface area contributed by atoms with Crippen LogP contribution in [-0.2, 0) is 14.6 Å². The highest BCUT2D eigenvalue weighted by Crippen LogP contribution is 2.17. The zero-order valence-electron chi connectivity index (χ0n) is 11.6. The molecule has 22 heavy (non-hydrogen) atoms. The lowest BCUT2D eigenvalue weighted by atomic mass is 10.2. The minimum atomic E-state index is -4.05. The van der Waals surface area contributed by atoms with Gasteiger partial charge in [-0.05, 0) is 36.8 Å². The fourth-order valence-electron chi connectivity index (χ4n) is 1.83. The van der Waals surface area contributed by atoms with Gasteiger partial charge in [-0.25, -0.2) is 17.2 Å². The van der Waals surface area contributed by atoms with E-state index in [-0.39, 0.29) is 0 Å². The van der Waals surface area contributed by atoms with Gasteiger partial charge in [0.05, 0.1) is 4.90 Å². The molecule has 0 aliphatic rings. The Balaban J connectivity index is 2.16. The lowest BCUT2D eigenvalue weighted by Crippen LogP contribution is -2.23. The Morgan fingerprint density at radius 2 is 1.77 bits per heavy atom. The van der Waals surface area contributed by atoms with E-state index in [4.69, 9.17) is 0 Å². The second-order valence-electron chi connectivity index (χ2n) is 4.70. The molecule has 4 nitrogen and oxygen atoms in total. The number of aryl methyl sites for hydroxylation is 1. The van der Waals surface area contributed by atoms with Crippen LogP contribution in [0.3, 0.4) is 0 Å². The largest absolute Gasteiger partial charge is 0.325 e. The molecule has 0 atom stereocenters. The Morgan fingerprint density at radius 1 is 1.09 bits per heavy atom. The minimum Gasteiger partial charge on any atom is -0.325 e. The minimum absolute atomic E-state index is 0.439. The molecular weight excluding hydrogens is 312 g/mol. The zero-order valence-corrected chi connectivity index (χ0v) is 12.5. The smallest absolute Gasteiger partial charge is 0.239 e. The standard InChI is InChI=1S/C15H13F2NO3S/c1-10-4-2-3-5-14(10)18-15(19)9-22(20,21)11-6-7-12(16)13(17)8-11/h2-8H,9H2,1H3,(H,18,19). The molecule has 1 N–H and O–H groups in total. The van der Waals surface area contributed by atoms with Crippen LogP contribution >= 0.6 is 0 Å². The van der Waals surface area contributed by atoms with Crippen LogP contribution < -0.4 is 5.32 Å². The number of hydrogen-bond donors (Lipinski definition) is 1. The van der Waals surface area contributed by atoms with Crippen LogP contribution in [0.5, 0.6) is 0 Å². The van der Waals surface area contributed by atoms with Gasteiger partial charge in [0.25, 0.3) is 0 Å². The maximum Gasteiger partial charge on any atom is 0.239 e. The van der Waals surface area contributed by atoms with Crippen molar-refractivity contribution in [1.29, 1.82) is 0 Å². The second-order valence-corrected chi connectivity index (χ2v) is 6.69. The Bertz CT molecular complexity index is 819. The number of sulfone groups is 1. The van der Waals surface area contributed by atoms with Crippen LogP contribution in [0.4, 0.5) is 14.5 Å². The van der Waals surface area contributed by atoms with E-state index in [1.165, 1.54) is 0 Å². The first-order chi connectivity index (χ1) is 10.3. The maximum absolute atomic E-state index is 13.1. The van der Waals surface area contributed by atoms with Gasteiger partial charge < -0.3 is 5.32 Å². The van der Waals surface area contributed by atoms with Crippen LogP contribution in [0.1, 0.15) is 5.56 Å². The third kappa shape index (κ3) is 3.67. The normalized spacial score (nSPS) is 11.2. The highest BCUT2D eigenvalue weighted by atomic mass is 32.2. The Morgan fingerprint density at radius 3 is 2.41 bits per heavy atom. The van der Waals surface area contributed by atoms with Crippen molar-refractivity contribution in [3.05, 3.63) is 59.7 Å². The maximum atomic E-state index is 13.1. The third-order valence-electron chi connectivity index (χ3n) is 2.99. The fourth-order valence-corrected chi connectivity index (χ4v) is 2.97. The Labute approximate surface area is 126 Å². The van der Waals surface area contributed by atoms with Gasteiger partial charge in [0, 0.05) is 5.69 Å². The lowest BCUT2D eigenvalue weighted by molar-refractivity contribution is -0.113. The summed E-state index contributed by atoms with van der Waals surface area (Å²) in [5.41, 5.74) is 1.27. The summed E-state index contributed by atoms with van der Waals surface area (Å²) in [4.78, 5) is 11.4. The Hall–Kier alpha value is -2.28. The van der Waals surface area contributed by atoms with Crippen molar-refractivity contribution in [1.82, 2.24) is 0 Å². The predicted octanol–water partition coefficient (Wildman–Crippen LogP) is 2.69. The third-order valence-corrected chi connectivity index (χ3v) is 4.60. The molecule has 0 fully saturated rings. The molecule has 1 amide bonds. The molecule has 0 radical (unpaired) electrons. The molecule has 7 heteroatoms. The van der Waals surface area contributed by atoms with Gasteiger partial charge in [-0.2, -0.15) is 0 Å². The van der Waals surface area contributed by atoms with Crippen LogP contribution in [0, 0.1) is 18.6 Å². The summed E-state index contributed by atoms with van der Waals surface area (Å²) in [5.74, 6) is -4.03. The van der Waals surface area contributed by atoms with E-state index >= 15 is 0 Å². The van der Waals surface area contributed by atoms with Gasteiger partial charge in [0.2, 0.25) is 5.91 Å². The molecule has 0 unspecified atom stereocenters. The van der Waals surface area contributed by atoms with E-state index in [2.05, 4.69) is 5.32 Å². The van der Waals surface area contributed by atoms with Crippen LogP contribution in [0.2, 0.25) is 0 Å². The number of rotatable bonds is 4. The molecule has 0 heterocycles. The molecule has 0 saturated heterocycles. The highest BCUT2D eigenvalue weighted by Gasteiger charge is 2.21. The van der Waals surface area contributed by atoms with Crippen molar-refractivity contribution in [3.8, 4) is 0 Å².